The van der Waals surface area contributed by atoms with E-state index in [9.17, 15) is 4.79 Å². The molecule has 1 N–H and O–H groups in total. The van der Waals surface area contributed by atoms with Gasteiger partial charge in [-0.1, -0.05) is 42.5 Å². The van der Waals surface area contributed by atoms with Crippen molar-refractivity contribution in [1.29, 1.82) is 0 Å². The minimum absolute atomic E-state index is 0.113. The highest BCUT2D eigenvalue weighted by atomic mass is 16.3. The molecule has 4 heteroatoms. The zero-order valence-electron chi connectivity index (χ0n) is 14.6. The normalized spacial score (nSPS) is 10.5. The molecule has 27 heavy (non-hydrogen) atoms. The van der Waals surface area contributed by atoms with Crippen LogP contribution in [0, 0.1) is 0 Å². The highest BCUT2D eigenvalue weighted by Gasteiger charge is 2.07. The van der Waals surface area contributed by atoms with Gasteiger partial charge in [-0.15, -0.1) is 0 Å². The molecule has 132 valence electrons. The lowest BCUT2D eigenvalue weighted by molar-refractivity contribution is 0.0951. The summed E-state index contributed by atoms with van der Waals surface area (Å²) in [6, 6.07) is 23.4. The molecule has 4 rings (SSSR count). The van der Waals surface area contributed by atoms with E-state index in [1.54, 1.807) is 18.7 Å². The molecule has 2 heterocycles. The summed E-state index contributed by atoms with van der Waals surface area (Å²) in [5.41, 5.74) is 4.65. The minimum Gasteiger partial charge on any atom is -0.464 e. The van der Waals surface area contributed by atoms with Gasteiger partial charge in [0.1, 0.15) is 5.76 Å². The molecule has 0 radical (unpaired) electrons. The Labute approximate surface area is 157 Å². The van der Waals surface area contributed by atoms with Gasteiger partial charge in [-0.2, -0.15) is 0 Å². The van der Waals surface area contributed by atoms with Crippen molar-refractivity contribution in [2.45, 2.75) is 6.54 Å². The van der Waals surface area contributed by atoms with Crippen molar-refractivity contribution in [2.24, 2.45) is 0 Å². The Balaban J connectivity index is 1.42. The zero-order chi connectivity index (χ0) is 18.5. The van der Waals surface area contributed by atoms with E-state index >= 15 is 0 Å². The number of hydrogen-bond donors (Lipinski definition) is 1. The maximum Gasteiger partial charge on any atom is 0.251 e. The number of carbonyl (C=O) groups is 1. The Kier molecular flexibility index (Phi) is 4.79. The van der Waals surface area contributed by atoms with Crippen LogP contribution in [0.5, 0.6) is 0 Å². The van der Waals surface area contributed by atoms with Crippen LogP contribution in [0.3, 0.4) is 0 Å². The molecule has 0 spiro atoms. The first-order chi connectivity index (χ1) is 13.3. The lowest BCUT2D eigenvalue weighted by Gasteiger charge is -2.07. The van der Waals surface area contributed by atoms with E-state index in [2.05, 4.69) is 10.3 Å². The van der Waals surface area contributed by atoms with Gasteiger partial charge in [-0.3, -0.25) is 9.78 Å². The summed E-state index contributed by atoms with van der Waals surface area (Å²) >= 11 is 0. The summed E-state index contributed by atoms with van der Waals surface area (Å²) in [5, 5.41) is 2.94. The summed E-state index contributed by atoms with van der Waals surface area (Å²) in [4.78, 5) is 16.7. The van der Waals surface area contributed by atoms with Crippen LogP contribution in [0.2, 0.25) is 0 Å². The van der Waals surface area contributed by atoms with Crippen molar-refractivity contribution in [3.63, 3.8) is 0 Å². The van der Waals surface area contributed by atoms with E-state index in [-0.39, 0.29) is 5.91 Å². The fourth-order valence-corrected chi connectivity index (χ4v) is 2.89. The van der Waals surface area contributed by atoms with Crippen molar-refractivity contribution >= 4 is 5.91 Å². The Morgan fingerprint density at radius 2 is 1.63 bits per heavy atom. The van der Waals surface area contributed by atoms with E-state index in [1.165, 1.54) is 0 Å². The van der Waals surface area contributed by atoms with Crippen LogP contribution in [0.25, 0.3) is 22.5 Å². The van der Waals surface area contributed by atoms with E-state index in [1.807, 2.05) is 72.8 Å². The number of hydrogen-bond acceptors (Lipinski definition) is 3. The summed E-state index contributed by atoms with van der Waals surface area (Å²) in [6.45, 7) is 0.404. The Bertz CT molecular complexity index is 1020. The third kappa shape index (κ3) is 3.96. The second kappa shape index (κ2) is 7.70. The van der Waals surface area contributed by atoms with E-state index in [0.29, 0.717) is 12.1 Å². The second-order valence-corrected chi connectivity index (χ2v) is 6.19. The first-order valence-corrected chi connectivity index (χ1v) is 8.71. The molecule has 0 aliphatic carbocycles. The van der Waals surface area contributed by atoms with Crippen LogP contribution in [0.1, 0.15) is 15.9 Å². The summed E-state index contributed by atoms with van der Waals surface area (Å²) in [6.07, 6.45) is 5.11. The largest absolute Gasteiger partial charge is 0.464 e. The number of aromatic nitrogens is 1. The molecule has 4 aromatic rings. The van der Waals surface area contributed by atoms with Crippen molar-refractivity contribution in [1.82, 2.24) is 10.3 Å². The molecule has 0 aliphatic heterocycles. The first-order valence-electron chi connectivity index (χ1n) is 8.71. The van der Waals surface area contributed by atoms with Crippen LogP contribution in [-0.2, 0) is 6.54 Å². The second-order valence-electron chi connectivity index (χ2n) is 6.19. The number of carbonyl (C=O) groups excluding carboxylic acids is 1. The van der Waals surface area contributed by atoms with Gasteiger partial charge in [0, 0.05) is 30.1 Å². The third-order valence-electron chi connectivity index (χ3n) is 4.31. The topological polar surface area (TPSA) is 55.1 Å². The van der Waals surface area contributed by atoms with Crippen molar-refractivity contribution in [3.8, 4) is 22.5 Å². The van der Waals surface area contributed by atoms with Gasteiger partial charge in [0.15, 0.2) is 0 Å². The molecule has 0 aliphatic rings. The Morgan fingerprint density at radius 1 is 0.852 bits per heavy atom. The summed E-state index contributed by atoms with van der Waals surface area (Å²) in [5.74, 6) is 0.644. The van der Waals surface area contributed by atoms with Crippen molar-refractivity contribution in [2.75, 3.05) is 0 Å². The molecule has 0 saturated carbocycles. The number of furan rings is 1. The predicted octanol–water partition coefficient (Wildman–Crippen LogP) is 4.94. The molecule has 0 unspecified atom stereocenters. The highest BCUT2D eigenvalue weighted by Crippen LogP contribution is 2.20. The lowest BCUT2D eigenvalue weighted by Crippen LogP contribution is -2.22. The van der Waals surface area contributed by atoms with Crippen molar-refractivity contribution < 1.29 is 9.21 Å². The number of rotatable bonds is 5. The molecule has 4 nitrogen and oxygen atoms in total. The quantitative estimate of drug-likeness (QED) is 0.552. The molecule has 0 fully saturated rings. The fourth-order valence-electron chi connectivity index (χ4n) is 2.89. The number of amides is 1. The molecule has 0 atom stereocenters. The summed E-state index contributed by atoms with van der Waals surface area (Å²) < 4.78 is 5.39. The molecule has 1 amide bonds. The van der Waals surface area contributed by atoms with Crippen LogP contribution in [0.15, 0.2) is 95.9 Å². The van der Waals surface area contributed by atoms with E-state index in [4.69, 9.17) is 4.42 Å². The van der Waals surface area contributed by atoms with Crippen LogP contribution >= 0.6 is 0 Å². The average Bonchev–Trinajstić information content (AvgIpc) is 3.28. The molecule has 2 aromatic carbocycles. The van der Waals surface area contributed by atoms with Gasteiger partial charge < -0.3 is 9.73 Å². The Morgan fingerprint density at radius 3 is 2.37 bits per heavy atom. The standard InChI is InChI=1S/C23H18N2O2/c26-23(20-10-8-19(9-11-20)18-5-2-1-3-6-18)25-15-17-13-21(16-24-14-17)22-7-4-12-27-22/h1-14,16H,15H2,(H,25,26). The number of benzene rings is 2. The van der Waals surface area contributed by atoms with Crippen LogP contribution < -0.4 is 5.32 Å². The highest BCUT2D eigenvalue weighted by molar-refractivity contribution is 5.94. The maximum atomic E-state index is 12.4. The van der Waals surface area contributed by atoms with Gasteiger partial charge in [0.05, 0.1) is 6.26 Å². The molecule has 2 aromatic heterocycles. The number of pyridine rings is 1. The predicted molar refractivity (Wildman–Crippen MR) is 105 cm³/mol. The van der Waals surface area contributed by atoms with Crippen LogP contribution in [0.4, 0.5) is 0 Å². The van der Waals surface area contributed by atoms with Crippen LogP contribution in [-0.4, -0.2) is 10.9 Å². The van der Waals surface area contributed by atoms with Gasteiger partial charge in [0.2, 0.25) is 0 Å². The third-order valence-corrected chi connectivity index (χ3v) is 4.31. The molecule has 0 bridgehead atoms. The van der Waals surface area contributed by atoms with Gasteiger partial charge in [0.25, 0.3) is 5.91 Å². The lowest BCUT2D eigenvalue weighted by atomic mass is 10.0. The summed E-state index contributed by atoms with van der Waals surface area (Å²) in [7, 11) is 0. The molecular formula is C23H18N2O2. The monoisotopic (exact) mass is 354 g/mol. The zero-order valence-corrected chi connectivity index (χ0v) is 14.6. The van der Waals surface area contributed by atoms with E-state index in [0.717, 1.165) is 28.0 Å². The van der Waals surface area contributed by atoms with Gasteiger partial charge >= 0.3 is 0 Å². The number of nitrogens with one attached hydrogen (secondary N) is 1. The van der Waals surface area contributed by atoms with Crippen molar-refractivity contribution in [3.05, 3.63) is 103 Å². The Hall–Kier alpha value is -3.66. The minimum atomic E-state index is -0.113. The molecule has 0 saturated heterocycles. The maximum absolute atomic E-state index is 12.4. The smallest absolute Gasteiger partial charge is 0.251 e. The average molecular weight is 354 g/mol. The first kappa shape index (κ1) is 16.8. The van der Waals surface area contributed by atoms with E-state index < -0.39 is 0 Å². The van der Waals surface area contributed by atoms with Gasteiger partial charge in [-0.25, -0.2) is 0 Å². The van der Waals surface area contributed by atoms with Gasteiger partial charge in [-0.05, 0) is 47.0 Å². The SMILES string of the molecule is O=C(NCc1cncc(-c2ccco2)c1)c1ccc(-c2ccccc2)cc1. The fraction of sp³-hybridized carbons (Fsp3) is 0.0435. The number of nitrogens with zero attached hydrogens (tertiary/aromatic N) is 1. The molecular weight excluding hydrogens is 336 g/mol.